The van der Waals surface area contributed by atoms with E-state index in [9.17, 15) is 13.6 Å². The average molecular weight is 415 g/mol. The fraction of sp³-hybridized carbons (Fsp3) is 0.391. The highest BCUT2D eigenvalue weighted by molar-refractivity contribution is 7.71. The zero-order chi connectivity index (χ0) is 20.4. The second kappa shape index (κ2) is 8.57. The van der Waals surface area contributed by atoms with Gasteiger partial charge in [-0.25, -0.2) is 8.78 Å². The van der Waals surface area contributed by atoms with E-state index in [0.717, 1.165) is 43.9 Å². The Morgan fingerprint density at radius 1 is 1.07 bits per heavy atom. The molecule has 3 nitrogen and oxygen atoms in total. The number of nitrogens with one attached hydrogen (secondary N) is 2. The van der Waals surface area contributed by atoms with Crippen LogP contribution >= 0.6 is 12.2 Å². The maximum atomic E-state index is 14.2. The van der Waals surface area contributed by atoms with Gasteiger partial charge in [0.05, 0.1) is 0 Å². The van der Waals surface area contributed by atoms with Gasteiger partial charge in [-0.1, -0.05) is 36.4 Å². The fourth-order valence-electron chi connectivity index (χ4n) is 4.71. The van der Waals surface area contributed by atoms with Crippen LogP contribution in [-0.2, 0) is 6.42 Å². The Kier molecular flexibility index (Phi) is 5.90. The van der Waals surface area contributed by atoms with Crippen LogP contribution in [0.4, 0.5) is 8.78 Å². The first kappa shape index (κ1) is 20.0. The molecule has 1 unspecified atom stereocenters. The summed E-state index contributed by atoms with van der Waals surface area (Å²) in [5, 5.41) is 0. The largest absolute Gasteiger partial charge is 0.335 e. The molecule has 1 atom stereocenters. The molecular weight excluding hydrogens is 390 g/mol. The molecule has 1 aromatic heterocycles. The van der Waals surface area contributed by atoms with Gasteiger partial charge in [0.1, 0.15) is 0 Å². The number of benzene rings is 1. The van der Waals surface area contributed by atoms with Gasteiger partial charge in [-0.05, 0) is 73.7 Å². The Hall–Kier alpha value is -2.34. The summed E-state index contributed by atoms with van der Waals surface area (Å²) in [6.45, 7) is 0. The maximum absolute atomic E-state index is 14.2. The highest BCUT2D eigenvalue weighted by Gasteiger charge is 2.29. The summed E-state index contributed by atoms with van der Waals surface area (Å²) >= 11 is 5.19. The standard InChI is InChI=1S/C23H24F2N2OS/c24-19-8-4-7-17(20(19)25)13-18-21(26-23(29)27-22(18)28)16-11-9-15(10-12-16)14-5-2-1-3-6-14/h1-5,7-8,14-16H,6,9-13H2,(H2,26,27,28,29). The lowest BCUT2D eigenvalue weighted by atomic mass is 9.72. The van der Waals surface area contributed by atoms with Crippen LogP contribution in [0.3, 0.4) is 0 Å². The van der Waals surface area contributed by atoms with E-state index in [0.29, 0.717) is 17.4 Å². The quantitative estimate of drug-likeness (QED) is 0.630. The summed E-state index contributed by atoms with van der Waals surface area (Å²) in [7, 11) is 0. The lowest BCUT2D eigenvalue weighted by molar-refractivity contribution is 0.262. The van der Waals surface area contributed by atoms with Gasteiger partial charge in [0, 0.05) is 17.7 Å². The van der Waals surface area contributed by atoms with Crippen molar-refractivity contribution < 1.29 is 8.78 Å². The third kappa shape index (κ3) is 4.32. The number of H-pyrrole nitrogens is 2. The molecule has 0 bridgehead atoms. The number of aromatic nitrogens is 2. The Bertz CT molecular complexity index is 1060. The molecule has 0 aliphatic heterocycles. The van der Waals surface area contributed by atoms with Gasteiger partial charge in [0.15, 0.2) is 16.4 Å². The van der Waals surface area contributed by atoms with Crippen LogP contribution in [0.1, 0.15) is 54.8 Å². The van der Waals surface area contributed by atoms with Crippen molar-refractivity contribution in [1.82, 2.24) is 9.97 Å². The Labute approximate surface area is 173 Å². The monoisotopic (exact) mass is 414 g/mol. The van der Waals surface area contributed by atoms with Crippen molar-refractivity contribution in [2.24, 2.45) is 11.8 Å². The number of allylic oxidation sites excluding steroid dienone is 4. The summed E-state index contributed by atoms with van der Waals surface area (Å²) in [6.07, 6.45) is 13.9. The van der Waals surface area contributed by atoms with Crippen molar-refractivity contribution in [3.63, 3.8) is 0 Å². The molecule has 0 saturated heterocycles. The van der Waals surface area contributed by atoms with E-state index in [2.05, 4.69) is 34.3 Å². The van der Waals surface area contributed by atoms with E-state index < -0.39 is 11.6 Å². The Morgan fingerprint density at radius 2 is 1.86 bits per heavy atom. The molecule has 29 heavy (non-hydrogen) atoms. The fourth-order valence-corrected chi connectivity index (χ4v) is 4.92. The number of halogens is 2. The van der Waals surface area contributed by atoms with Crippen LogP contribution in [0, 0.1) is 28.2 Å². The molecule has 2 aliphatic rings. The van der Waals surface area contributed by atoms with Crippen LogP contribution in [0.2, 0.25) is 0 Å². The van der Waals surface area contributed by atoms with Crippen LogP contribution < -0.4 is 5.56 Å². The minimum atomic E-state index is -0.903. The Balaban J connectivity index is 1.58. The van der Waals surface area contributed by atoms with E-state index in [1.54, 1.807) is 0 Å². The molecule has 6 heteroatoms. The third-order valence-electron chi connectivity index (χ3n) is 6.27. The molecule has 0 amide bonds. The maximum Gasteiger partial charge on any atom is 0.255 e. The average Bonchev–Trinajstić information content (AvgIpc) is 2.73. The third-order valence-corrected chi connectivity index (χ3v) is 6.48. The molecule has 1 fully saturated rings. The number of rotatable bonds is 4. The SMILES string of the molecule is O=c1[nH]c(=S)[nH]c(C2CCC(C3C=CC=CC3)CC2)c1Cc1cccc(F)c1F. The normalized spacial score (nSPS) is 24.0. The summed E-state index contributed by atoms with van der Waals surface area (Å²) in [4.78, 5) is 18.4. The van der Waals surface area contributed by atoms with Gasteiger partial charge < -0.3 is 4.98 Å². The zero-order valence-electron chi connectivity index (χ0n) is 16.1. The molecule has 4 rings (SSSR count). The van der Waals surface area contributed by atoms with Crippen molar-refractivity contribution in [3.8, 4) is 0 Å². The van der Waals surface area contributed by atoms with Crippen LogP contribution in [0.15, 0.2) is 47.3 Å². The molecule has 2 aliphatic carbocycles. The van der Waals surface area contributed by atoms with Crippen molar-refractivity contribution in [2.45, 2.75) is 44.4 Å². The minimum Gasteiger partial charge on any atom is -0.335 e. The van der Waals surface area contributed by atoms with E-state index in [4.69, 9.17) is 12.2 Å². The summed E-state index contributed by atoms with van der Waals surface area (Å²) in [6, 6.07) is 4.06. The van der Waals surface area contributed by atoms with E-state index >= 15 is 0 Å². The molecule has 0 radical (unpaired) electrons. The van der Waals surface area contributed by atoms with E-state index in [-0.39, 0.29) is 28.2 Å². The smallest absolute Gasteiger partial charge is 0.255 e. The van der Waals surface area contributed by atoms with Crippen molar-refractivity contribution in [1.29, 1.82) is 0 Å². The number of hydrogen-bond acceptors (Lipinski definition) is 2. The molecule has 1 saturated carbocycles. The topological polar surface area (TPSA) is 48.6 Å². The predicted octanol–water partition coefficient (Wildman–Crippen LogP) is 5.71. The first-order valence-corrected chi connectivity index (χ1v) is 10.6. The molecule has 1 heterocycles. The van der Waals surface area contributed by atoms with Gasteiger partial charge in [-0.2, -0.15) is 0 Å². The van der Waals surface area contributed by atoms with Crippen LogP contribution in [0.25, 0.3) is 0 Å². The van der Waals surface area contributed by atoms with Gasteiger partial charge >= 0.3 is 0 Å². The highest BCUT2D eigenvalue weighted by Crippen LogP contribution is 2.40. The summed E-state index contributed by atoms with van der Waals surface area (Å²) < 4.78 is 28.1. The van der Waals surface area contributed by atoms with Crippen molar-refractivity contribution in [3.05, 3.63) is 86.1 Å². The van der Waals surface area contributed by atoms with E-state index in [1.165, 1.54) is 12.1 Å². The lowest BCUT2D eigenvalue weighted by Gasteiger charge is -2.33. The predicted molar refractivity (Wildman–Crippen MR) is 112 cm³/mol. The molecule has 2 aromatic rings. The molecule has 0 spiro atoms. The first-order valence-electron chi connectivity index (χ1n) is 10.1. The Morgan fingerprint density at radius 3 is 2.59 bits per heavy atom. The molecule has 2 N–H and O–H groups in total. The minimum absolute atomic E-state index is 0.0382. The zero-order valence-corrected chi connectivity index (χ0v) is 16.9. The lowest BCUT2D eigenvalue weighted by Crippen LogP contribution is -2.25. The highest BCUT2D eigenvalue weighted by atomic mass is 32.1. The number of aromatic amines is 2. The van der Waals surface area contributed by atoms with E-state index in [1.807, 2.05) is 0 Å². The summed E-state index contributed by atoms with van der Waals surface area (Å²) in [5.41, 5.74) is 1.08. The van der Waals surface area contributed by atoms with Crippen molar-refractivity contribution in [2.75, 3.05) is 0 Å². The summed E-state index contributed by atoms with van der Waals surface area (Å²) in [5.74, 6) is -0.411. The molecule has 152 valence electrons. The number of hydrogen-bond donors (Lipinski definition) is 2. The molecule has 1 aromatic carbocycles. The van der Waals surface area contributed by atoms with Crippen molar-refractivity contribution >= 4 is 12.2 Å². The van der Waals surface area contributed by atoms with Gasteiger partial charge in [-0.3, -0.25) is 9.78 Å². The van der Waals surface area contributed by atoms with Crippen LogP contribution in [0.5, 0.6) is 0 Å². The second-order valence-corrected chi connectivity index (χ2v) is 8.42. The van der Waals surface area contributed by atoms with Gasteiger partial charge in [0.25, 0.3) is 5.56 Å². The molecular formula is C23H24F2N2OS. The first-order chi connectivity index (χ1) is 14.0. The van der Waals surface area contributed by atoms with Gasteiger partial charge in [0.2, 0.25) is 0 Å². The van der Waals surface area contributed by atoms with Crippen LogP contribution in [-0.4, -0.2) is 9.97 Å². The second-order valence-electron chi connectivity index (χ2n) is 8.01. The van der Waals surface area contributed by atoms with Gasteiger partial charge in [-0.15, -0.1) is 0 Å².